The molecule has 20 heavy (non-hydrogen) atoms. The number of ketones is 1. The van der Waals surface area contributed by atoms with E-state index in [2.05, 4.69) is 6.92 Å². The third-order valence-corrected chi connectivity index (χ3v) is 3.50. The Balaban J connectivity index is 2.00. The van der Waals surface area contributed by atoms with E-state index < -0.39 is 0 Å². The fraction of sp³-hybridized carbons (Fsp3) is 0.167. The first kappa shape index (κ1) is 12.7. The molecule has 2 heteroatoms. The summed E-state index contributed by atoms with van der Waals surface area (Å²) in [4.78, 5) is 12.4. The number of hydrogen-bond donors (Lipinski definition) is 0. The van der Waals surface area contributed by atoms with E-state index in [0.29, 0.717) is 11.1 Å². The standard InChI is InChI=1S/C18H16O2/c1-3-16-10-14-8-9-15(11-17(14)20-16)18(19)13-6-4-12(2)5-7-13/h4-11H,3H2,1-2H3. The lowest BCUT2D eigenvalue weighted by atomic mass is 10.0. The van der Waals surface area contributed by atoms with Gasteiger partial charge in [0.25, 0.3) is 0 Å². The lowest BCUT2D eigenvalue weighted by molar-refractivity contribution is 0.103. The third kappa shape index (κ3) is 2.25. The van der Waals surface area contributed by atoms with Crippen LogP contribution in [0.3, 0.4) is 0 Å². The van der Waals surface area contributed by atoms with Gasteiger partial charge >= 0.3 is 0 Å². The van der Waals surface area contributed by atoms with E-state index in [1.54, 1.807) is 0 Å². The minimum absolute atomic E-state index is 0.0290. The van der Waals surface area contributed by atoms with Gasteiger partial charge in [0.1, 0.15) is 11.3 Å². The Bertz CT molecular complexity index is 764. The van der Waals surface area contributed by atoms with Crippen molar-refractivity contribution in [1.29, 1.82) is 0 Å². The van der Waals surface area contributed by atoms with E-state index in [-0.39, 0.29) is 5.78 Å². The smallest absolute Gasteiger partial charge is 0.193 e. The summed E-state index contributed by atoms with van der Waals surface area (Å²) in [7, 11) is 0. The van der Waals surface area contributed by atoms with Crippen molar-refractivity contribution in [2.75, 3.05) is 0 Å². The molecule has 0 unspecified atom stereocenters. The summed E-state index contributed by atoms with van der Waals surface area (Å²) >= 11 is 0. The quantitative estimate of drug-likeness (QED) is 0.650. The SMILES string of the molecule is CCc1cc2ccc(C(=O)c3ccc(C)cc3)cc2o1. The first-order valence-corrected chi connectivity index (χ1v) is 6.81. The highest BCUT2D eigenvalue weighted by molar-refractivity contribution is 6.10. The van der Waals surface area contributed by atoms with Crippen molar-refractivity contribution in [3.8, 4) is 0 Å². The minimum atomic E-state index is 0.0290. The Kier molecular flexibility index (Phi) is 3.15. The molecule has 1 heterocycles. The molecule has 0 aliphatic heterocycles. The Morgan fingerprint density at radius 1 is 1.00 bits per heavy atom. The lowest BCUT2D eigenvalue weighted by Gasteiger charge is -2.01. The third-order valence-electron chi connectivity index (χ3n) is 3.50. The van der Waals surface area contributed by atoms with Crippen LogP contribution >= 0.6 is 0 Å². The zero-order chi connectivity index (χ0) is 14.1. The highest BCUT2D eigenvalue weighted by Gasteiger charge is 2.11. The Morgan fingerprint density at radius 2 is 1.70 bits per heavy atom. The summed E-state index contributed by atoms with van der Waals surface area (Å²) in [5.74, 6) is 0.973. The number of aryl methyl sites for hydroxylation is 2. The Labute approximate surface area is 118 Å². The molecule has 1 aromatic heterocycles. The average Bonchev–Trinajstić information content (AvgIpc) is 2.89. The summed E-state index contributed by atoms with van der Waals surface area (Å²) in [6.07, 6.45) is 0.857. The van der Waals surface area contributed by atoms with E-state index in [0.717, 1.165) is 28.7 Å². The normalized spacial score (nSPS) is 10.9. The van der Waals surface area contributed by atoms with Crippen molar-refractivity contribution in [1.82, 2.24) is 0 Å². The number of fused-ring (bicyclic) bond motifs is 1. The van der Waals surface area contributed by atoms with Crippen molar-refractivity contribution >= 4 is 16.8 Å². The van der Waals surface area contributed by atoms with Gasteiger partial charge in [-0.25, -0.2) is 0 Å². The van der Waals surface area contributed by atoms with Crippen LogP contribution in [0.4, 0.5) is 0 Å². The summed E-state index contributed by atoms with van der Waals surface area (Å²) in [6, 6.07) is 15.3. The monoisotopic (exact) mass is 264 g/mol. The molecule has 3 rings (SSSR count). The first-order valence-electron chi connectivity index (χ1n) is 6.81. The molecule has 3 aromatic rings. The molecule has 0 amide bonds. The largest absolute Gasteiger partial charge is 0.461 e. The molecule has 0 fully saturated rings. The molecule has 2 nitrogen and oxygen atoms in total. The van der Waals surface area contributed by atoms with E-state index in [9.17, 15) is 4.79 Å². The summed E-state index contributed by atoms with van der Waals surface area (Å²) in [6.45, 7) is 4.06. The van der Waals surface area contributed by atoms with Gasteiger partial charge in [0, 0.05) is 22.9 Å². The predicted octanol–water partition coefficient (Wildman–Crippen LogP) is 4.53. The molecular weight excluding hydrogens is 248 g/mol. The Morgan fingerprint density at radius 3 is 2.40 bits per heavy atom. The number of benzene rings is 2. The summed E-state index contributed by atoms with van der Waals surface area (Å²) in [5, 5.41) is 1.04. The minimum Gasteiger partial charge on any atom is -0.461 e. The molecule has 0 bridgehead atoms. The topological polar surface area (TPSA) is 30.2 Å². The van der Waals surface area contributed by atoms with Crippen LogP contribution in [0.25, 0.3) is 11.0 Å². The van der Waals surface area contributed by atoms with Crippen molar-refractivity contribution in [3.05, 3.63) is 71.0 Å². The van der Waals surface area contributed by atoms with Crippen LogP contribution in [0.1, 0.15) is 34.2 Å². The second kappa shape index (κ2) is 4.97. The summed E-state index contributed by atoms with van der Waals surface area (Å²) < 4.78 is 5.71. The molecule has 2 aromatic carbocycles. The van der Waals surface area contributed by atoms with Crippen molar-refractivity contribution < 1.29 is 9.21 Å². The highest BCUT2D eigenvalue weighted by Crippen LogP contribution is 2.22. The molecule has 0 radical (unpaired) electrons. The van der Waals surface area contributed by atoms with E-state index in [1.807, 2.05) is 55.5 Å². The van der Waals surface area contributed by atoms with Gasteiger partial charge in [-0.2, -0.15) is 0 Å². The number of carbonyl (C=O) groups excluding carboxylic acids is 1. The molecule has 0 atom stereocenters. The lowest BCUT2D eigenvalue weighted by Crippen LogP contribution is -2.00. The number of rotatable bonds is 3. The van der Waals surface area contributed by atoms with Gasteiger partial charge in [-0.05, 0) is 19.1 Å². The number of hydrogen-bond acceptors (Lipinski definition) is 2. The second-order valence-electron chi connectivity index (χ2n) is 5.01. The molecule has 100 valence electrons. The van der Waals surface area contributed by atoms with Gasteiger partial charge < -0.3 is 4.42 Å². The molecule has 0 saturated heterocycles. The number of carbonyl (C=O) groups is 1. The van der Waals surface area contributed by atoms with Crippen LogP contribution in [0.15, 0.2) is 52.9 Å². The molecule has 0 aliphatic carbocycles. The number of furan rings is 1. The van der Waals surface area contributed by atoms with E-state index in [4.69, 9.17) is 4.42 Å². The zero-order valence-electron chi connectivity index (χ0n) is 11.6. The molecule has 0 N–H and O–H groups in total. The van der Waals surface area contributed by atoms with E-state index in [1.165, 1.54) is 0 Å². The van der Waals surface area contributed by atoms with Gasteiger partial charge in [0.2, 0.25) is 0 Å². The Hall–Kier alpha value is -2.35. The van der Waals surface area contributed by atoms with Crippen LogP contribution < -0.4 is 0 Å². The van der Waals surface area contributed by atoms with Gasteiger partial charge in [0.05, 0.1) is 0 Å². The maximum absolute atomic E-state index is 12.4. The maximum Gasteiger partial charge on any atom is 0.193 e. The van der Waals surface area contributed by atoms with E-state index >= 15 is 0 Å². The van der Waals surface area contributed by atoms with Gasteiger partial charge in [-0.3, -0.25) is 4.79 Å². The molecule has 0 saturated carbocycles. The van der Waals surface area contributed by atoms with Crippen LogP contribution in [0.2, 0.25) is 0 Å². The fourth-order valence-corrected chi connectivity index (χ4v) is 2.27. The van der Waals surface area contributed by atoms with Gasteiger partial charge in [-0.1, -0.05) is 48.9 Å². The van der Waals surface area contributed by atoms with Gasteiger partial charge in [-0.15, -0.1) is 0 Å². The molecule has 0 aliphatic rings. The van der Waals surface area contributed by atoms with Crippen LogP contribution in [-0.2, 0) is 6.42 Å². The maximum atomic E-state index is 12.4. The molecule has 0 spiro atoms. The van der Waals surface area contributed by atoms with Crippen LogP contribution in [0, 0.1) is 6.92 Å². The zero-order valence-corrected chi connectivity index (χ0v) is 11.6. The van der Waals surface area contributed by atoms with Crippen molar-refractivity contribution in [2.24, 2.45) is 0 Å². The first-order chi connectivity index (χ1) is 9.67. The van der Waals surface area contributed by atoms with Crippen LogP contribution in [0.5, 0.6) is 0 Å². The van der Waals surface area contributed by atoms with Crippen molar-refractivity contribution in [3.63, 3.8) is 0 Å². The molecular formula is C18H16O2. The van der Waals surface area contributed by atoms with Gasteiger partial charge in [0.15, 0.2) is 5.78 Å². The predicted molar refractivity (Wildman–Crippen MR) is 80.2 cm³/mol. The van der Waals surface area contributed by atoms with Crippen molar-refractivity contribution in [2.45, 2.75) is 20.3 Å². The van der Waals surface area contributed by atoms with Crippen LogP contribution in [-0.4, -0.2) is 5.78 Å². The summed E-state index contributed by atoms with van der Waals surface area (Å²) in [5.41, 5.74) is 3.30. The second-order valence-corrected chi connectivity index (χ2v) is 5.01. The average molecular weight is 264 g/mol. The fourth-order valence-electron chi connectivity index (χ4n) is 2.27. The highest BCUT2D eigenvalue weighted by atomic mass is 16.3.